The Kier molecular flexibility index (Phi) is 9.63. The summed E-state index contributed by atoms with van der Waals surface area (Å²) >= 11 is 0. The molecule has 0 N–H and O–H groups in total. The van der Waals surface area contributed by atoms with Crippen LogP contribution in [0.25, 0.3) is 0 Å². The summed E-state index contributed by atoms with van der Waals surface area (Å²) in [6, 6.07) is 0. The zero-order valence-electron chi connectivity index (χ0n) is 9.52. The van der Waals surface area contributed by atoms with E-state index in [0.29, 0.717) is 0 Å². The van der Waals surface area contributed by atoms with Crippen molar-refractivity contribution in [1.29, 1.82) is 0 Å². The molecule has 0 saturated carbocycles. The normalized spacial score (nSPS) is 12.8. The summed E-state index contributed by atoms with van der Waals surface area (Å²) in [4.78, 5) is 0. The van der Waals surface area contributed by atoms with E-state index < -0.39 is 0 Å². The Labute approximate surface area is 84.4 Å². The SMILES string of the molecule is C=CCCCC(CC)CCCCC. The van der Waals surface area contributed by atoms with Crippen LogP contribution in [0.5, 0.6) is 0 Å². The molecule has 0 fully saturated rings. The van der Waals surface area contributed by atoms with E-state index in [-0.39, 0.29) is 0 Å². The fourth-order valence-corrected chi connectivity index (χ4v) is 1.79. The van der Waals surface area contributed by atoms with Gasteiger partial charge in [-0.25, -0.2) is 0 Å². The average molecular weight is 182 g/mol. The van der Waals surface area contributed by atoms with E-state index in [9.17, 15) is 0 Å². The van der Waals surface area contributed by atoms with Gasteiger partial charge in [0.1, 0.15) is 0 Å². The van der Waals surface area contributed by atoms with E-state index in [1.807, 2.05) is 6.08 Å². The lowest BCUT2D eigenvalue weighted by Gasteiger charge is -2.13. The molecule has 0 aromatic rings. The highest BCUT2D eigenvalue weighted by molar-refractivity contribution is 4.67. The van der Waals surface area contributed by atoms with Gasteiger partial charge in [-0.15, -0.1) is 6.58 Å². The molecule has 0 aromatic carbocycles. The largest absolute Gasteiger partial charge is 0.103 e. The molecule has 13 heavy (non-hydrogen) atoms. The molecule has 78 valence electrons. The van der Waals surface area contributed by atoms with Gasteiger partial charge in [0.05, 0.1) is 0 Å². The lowest BCUT2D eigenvalue weighted by atomic mass is 9.93. The Morgan fingerprint density at radius 2 is 1.77 bits per heavy atom. The predicted octanol–water partition coefficient (Wildman–Crippen LogP) is 4.95. The maximum atomic E-state index is 3.76. The van der Waals surface area contributed by atoms with Crippen molar-refractivity contribution in [2.45, 2.75) is 65.2 Å². The van der Waals surface area contributed by atoms with Crippen molar-refractivity contribution in [2.75, 3.05) is 0 Å². The minimum atomic E-state index is 0.978. The van der Waals surface area contributed by atoms with Crippen LogP contribution in [0.2, 0.25) is 0 Å². The van der Waals surface area contributed by atoms with Crippen molar-refractivity contribution in [2.24, 2.45) is 5.92 Å². The Morgan fingerprint density at radius 3 is 2.31 bits per heavy atom. The molecule has 0 aliphatic heterocycles. The molecule has 0 rings (SSSR count). The molecule has 0 bridgehead atoms. The maximum absolute atomic E-state index is 3.76. The van der Waals surface area contributed by atoms with Gasteiger partial charge in [-0.3, -0.25) is 0 Å². The Balaban J connectivity index is 3.33. The van der Waals surface area contributed by atoms with Crippen LogP contribution in [0.4, 0.5) is 0 Å². The van der Waals surface area contributed by atoms with Gasteiger partial charge >= 0.3 is 0 Å². The molecule has 0 nitrogen and oxygen atoms in total. The summed E-state index contributed by atoms with van der Waals surface area (Å²) in [7, 11) is 0. The van der Waals surface area contributed by atoms with E-state index in [1.165, 1.54) is 51.4 Å². The lowest BCUT2D eigenvalue weighted by Crippen LogP contribution is -1.98. The minimum absolute atomic E-state index is 0.978. The number of hydrogen-bond donors (Lipinski definition) is 0. The quantitative estimate of drug-likeness (QED) is 0.349. The van der Waals surface area contributed by atoms with Crippen LogP contribution >= 0.6 is 0 Å². The van der Waals surface area contributed by atoms with Crippen LogP contribution in [-0.4, -0.2) is 0 Å². The number of hydrogen-bond acceptors (Lipinski definition) is 0. The Morgan fingerprint density at radius 1 is 1.08 bits per heavy atom. The van der Waals surface area contributed by atoms with Crippen LogP contribution in [0.3, 0.4) is 0 Å². The first-order valence-electron chi connectivity index (χ1n) is 5.96. The van der Waals surface area contributed by atoms with Gasteiger partial charge in [0, 0.05) is 0 Å². The molecular weight excluding hydrogens is 156 g/mol. The summed E-state index contributed by atoms with van der Waals surface area (Å²) in [6.45, 7) is 8.36. The highest BCUT2D eigenvalue weighted by atomic mass is 14.1. The van der Waals surface area contributed by atoms with E-state index in [2.05, 4.69) is 20.4 Å². The minimum Gasteiger partial charge on any atom is -0.103 e. The van der Waals surface area contributed by atoms with Crippen LogP contribution < -0.4 is 0 Å². The third-order valence-corrected chi connectivity index (χ3v) is 2.81. The van der Waals surface area contributed by atoms with Crippen molar-refractivity contribution in [3.8, 4) is 0 Å². The molecule has 0 saturated heterocycles. The average Bonchev–Trinajstić information content (AvgIpc) is 2.16. The molecule has 0 spiro atoms. The van der Waals surface area contributed by atoms with Crippen molar-refractivity contribution in [3.63, 3.8) is 0 Å². The molecule has 0 heteroatoms. The fraction of sp³-hybridized carbons (Fsp3) is 0.846. The van der Waals surface area contributed by atoms with Gasteiger partial charge in [0.15, 0.2) is 0 Å². The zero-order valence-corrected chi connectivity index (χ0v) is 9.52. The van der Waals surface area contributed by atoms with E-state index in [0.717, 1.165) is 5.92 Å². The highest BCUT2D eigenvalue weighted by Gasteiger charge is 2.04. The summed E-state index contributed by atoms with van der Waals surface area (Å²) in [6.07, 6.45) is 13.0. The first-order valence-corrected chi connectivity index (χ1v) is 5.96. The van der Waals surface area contributed by atoms with Gasteiger partial charge < -0.3 is 0 Å². The van der Waals surface area contributed by atoms with Gasteiger partial charge in [-0.1, -0.05) is 58.4 Å². The second kappa shape index (κ2) is 9.83. The number of unbranched alkanes of at least 4 members (excludes halogenated alkanes) is 3. The van der Waals surface area contributed by atoms with Crippen molar-refractivity contribution in [1.82, 2.24) is 0 Å². The summed E-state index contributed by atoms with van der Waals surface area (Å²) in [5.41, 5.74) is 0. The van der Waals surface area contributed by atoms with E-state index in [4.69, 9.17) is 0 Å². The second-order valence-electron chi connectivity index (χ2n) is 3.99. The molecule has 0 amide bonds. The van der Waals surface area contributed by atoms with Gasteiger partial charge in [-0.05, 0) is 18.8 Å². The van der Waals surface area contributed by atoms with Crippen LogP contribution in [0.1, 0.15) is 65.2 Å². The molecule has 0 heterocycles. The van der Waals surface area contributed by atoms with Crippen LogP contribution in [0, 0.1) is 5.92 Å². The lowest BCUT2D eigenvalue weighted by molar-refractivity contribution is 0.407. The Bertz CT molecular complexity index is 105. The standard InChI is InChI=1S/C13H26/c1-4-7-9-11-13(6-3)12-10-8-5-2/h4,13H,1,5-12H2,2-3H3. The smallest absolute Gasteiger partial charge is 0.0353 e. The van der Waals surface area contributed by atoms with E-state index in [1.54, 1.807) is 0 Å². The highest BCUT2D eigenvalue weighted by Crippen LogP contribution is 2.19. The number of rotatable bonds is 9. The van der Waals surface area contributed by atoms with E-state index >= 15 is 0 Å². The summed E-state index contributed by atoms with van der Waals surface area (Å²) in [5, 5.41) is 0. The molecule has 0 aromatic heterocycles. The Hall–Kier alpha value is -0.260. The maximum Gasteiger partial charge on any atom is -0.0353 e. The molecule has 0 aliphatic carbocycles. The predicted molar refractivity (Wildman–Crippen MR) is 62.0 cm³/mol. The molecular formula is C13H26. The van der Waals surface area contributed by atoms with Crippen molar-refractivity contribution in [3.05, 3.63) is 12.7 Å². The van der Waals surface area contributed by atoms with Crippen molar-refractivity contribution >= 4 is 0 Å². The topological polar surface area (TPSA) is 0 Å². The summed E-state index contributed by atoms with van der Waals surface area (Å²) in [5.74, 6) is 0.978. The molecule has 0 aliphatic rings. The second-order valence-corrected chi connectivity index (χ2v) is 3.99. The monoisotopic (exact) mass is 182 g/mol. The van der Waals surface area contributed by atoms with Gasteiger partial charge in [-0.2, -0.15) is 0 Å². The van der Waals surface area contributed by atoms with Crippen LogP contribution in [-0.2, 0) is 0 Å². The zero-order chi connectivity index (χ0) is 9.94. The van der Waals surface area contributed by atoms with Crippen LogP contribution in [0.15, 0.2) is 12.7 Å². The first kappa shape index (κ1) is 12.7. The van der Waals surface area contributed by atoms with Gasteiger partial charge in [0.25, 0.3) is 0 Å². The summed E-state index contributed by atoms with van der Waals surface area (Å²) < 4.78 is 0. The van der Waals surface area contributed by atoms with Gasteiger partial charge in [0.2, 0.25) is 0 Å². The fourth-order valence-electron chi connectivity index (χ4n) is 1.79. The first-order chi connectivity index (χ1) is 6.35. The molecule has 1 atom stereocenters. The number of allylic oxidation sites excluding steroid dienone is 1. The third kappa shape index (κ3) is 8.08. The molecule has 1 unspecified atom stereocenters. The molecule has 0 radical (unpaired) electrons. The van der Waals surface area contributed by atoms with Crippen molar-refractivity contribution < 1.29 is 0 Å². The third-order valence-electron chi connectivity index (χ3n) is 2.81.